The predicted molar refractivity (Wildman–Crippen MR) is 109 cm³/mol. The lowest BCUT2D eigenvalue weighted by Gasteiger charge is -2.17. The minimum atomic E-state index is -0.0378. The molecule has 0 unspecified atom stereocenters. The Bertz CT molecular complexity index is 939. The quantitative estimate of drug-likeness (QED) is 0.687. The van der Waals surface area contributed by atoms with Crippen LogP contribution in [0.3, 0.4) is 0 Å². The lowest BCUT2D eigenvalue weighted by Crippen LogP contribution is -2.26. The van der Waals surface area contributed by atoms with Crippen LogP contribution in [0.5, 0.6) is 0 Å². The Morgan fingerprint density at radius 3 is 2.44 bits per heavy atom. The molecule has 1 aromatic heterocycles. The Labute approximate surface area is 161 Å². The summed E-state index contributed by atoms with van der Waals surface area (Å²) in [4.78, 5) is 12.6. The van der Waals surface area contributed by atoms with Gasteiger partial charge in [0.2, 0.25) is 0 Å². The largest absolute Gasteiger partial charge is 0.346 e. The molecule has 1 aliphatic rings. The number of nitrogens with one attached hydrogen (secondary N) is 1. The highest BCUT2D eigenvalue weighted by Gasteiger charge is 2.18. The van der Waals surface area contributed by atoms with E-state index in [4.69, 9.17) is 0 Å². The Kier molecular flexibility index (Phi) is 4.85. The number of nitrogens with zero attached hydrogens (tertiary/aromatic N) is 1. The number of carbonyl (C=O) groups is 1. The fourth-order valence-electron chi connectivity index (χ4n) is 4.08. The average Bonchev–Trinajstić information content (AvgIpc) is 3.04. The summed E-state index contributed by atoms with van der Waals surface area (Å²) in [6.07, 6.45) is 4.87. The van der Waals surface area contributed by atoms with E-state index in [1.54, 1.807) is 0 Å². The van der Waals surface area contributed by atoms with Crippen molar-refractivity contribution in [3.05, 3.63) is 88.7 Å². The normalized spacial score (nSPS) is 14.4. The Morgan fingerprint density at radius 1 is 1.00 bits per heavy atom. The van der Waals surface area contributed by atoms with Crippen molar-refractivity contribution in [3.8, 4) is 5.69 Å². The standard InChI is InChI=1S/C24H26N2O/c1-17-16-21-10-6-7-11-23(21)26(17)22-14-12-20(13-15-22)24(27)25-18(2)19-8-4-3-5-9-19/h3-5,8-9,12-16,18H,6-7,10-11H2,1-2H3,(H,25,27)/t18-/m1/s1. The molecular formula is C24H26N2O. The van der Waals surface area contributed by atoms with E-state index in [1.165, 1.54) is 36.2 Å². The highest BCUT2D eigenvalue weighted by molar-refractivity contribution is 5.94. The molecule has 0 bridgehead atoms. The molecule has 1 N–H and O–H groups in total. The van der Waals surface area contributed by atoms with E-state index in [1.807, 2.05) is 49.4 Å². The maximum atomic E-state index is 12.6. The molecule has 3 heteroatoms. The van der Waals surface area contributed by atoms with Gasteiger partial charge in [0.1, 0.15) is 0 Å². The Balaban J connectivity index is 1.53. The third-order valence-electron chi connectivity index (χ3n) is 5.52. The molecule has 0 saturated carbocycles. The van der Waals surface area contributed by atoms with Gasteiger partial charge in [0.15, 0.2) is 0 Å². The summed E-state index contributed by atoms with van der Waals surface area (Å²) < 4.78 is 2.35. The highest BCUT2D eigenvalue weighted by Crippen LogP contribution is 2.28. The molecule has 0 saturated heterocycles. The number of aryl methyl sites for hydroxylation is 2. The van der Waals surface area contributed by atoms with Crippen molar-refractivity contribution in [2.24, 2.45) is 0 Å². The maximum Gasteiger partial charge on any atom is 0.251 e. The lowest BCUT2D eigenvalue weighted by atomic mass is 9.98. The number of benzene rings is 2. The van der Waals surface area contributed by atoms with Gasteiger partial charge in [0, 0.05) is 22.6 Å². The second-order valence-electron chi connectivity index (χ2n) is 7.45. The number of amides is 1. The van der Waals surface area contributed by atoms with Gasteiger partial charge < -0.3 is 9.88 Å². The van der Waals surface area contributed by atoms with E-state index in [0.717, 1.165) is 17.7 Å². The van der Waals surface area contributed by atoms with Gasteiger partial charge in [0.05, 0.1) is 6.04 Å². The summed E-state index contributed by atoms with van der Waals surface area (Å²) in [5, 5.41) is 3.08. The van der Waals surface area contributed by atoms with Crippen LogP contribution in [0, 0.1) is 6.92 Å². The molecule has 4 rings (SSSR count). The molecule has 27 heavy (non-hydrogen) atoms. The molecule has 3 aromatic rings. The summed E-state index contributed by atoms with van der Waals surface area (Å²) in [6, 6.07) is 20.3. The SMILES string of the molecule is Cc1cc2c(n1-c1ccc(C(=O)N[C@H](C)c3ccccc3)cc1)CCCC2. The summed E-state index contributed by atoms with van der Waals surface area (Å²) >= 11 is 0. The van der Waals surface area contributed by atoms with Gasteiger partial charge >= 0.3 is 0 Å². The second kappa shape index (κ2) is 7.43. The second-order valence-corrected chi connectivity index (χ2v) is 7.45. The van der Waals surface area contributed by atoms with Crippen LogP contribution >= 0.6 is 0 Å². The zero-order valence-corrected chi connectivity index (χ0v) is 16.0. The van der Waals surface area contributed by atoms with Gasteiger partial charge in [-0.05, 0) is 81.0 Å². The van der Waals surface area contributed by atoms with Crippen LogP contribution in [0.25, 0.3) is 5.69 Å². The topological polar surface area (TPSA) is 34.0 Å². The number of fused-ring (bicyclic) bond motifs is 1. The van der Waals surface area contributed by atoms with Crippen molar-refractivity contribution in [1.29, 1.82) is 0 Å². The Morgan fingerprint density at radius 2 is 1.70 bits per heavy atom. The van der Waals surface area contributed by atoms with E-state index < -0.39 is 0 Å². The molecule has 0 spiro atoms. The molecule has 1 amide bonds. The van der Waals surface area contributed by atoms with Crippen molar-refractivity contribution in [2.45, 2.75) is 45.6 Å². The molecule has 0 aliphatic heterocycles. The number of aromatic nitrogens is 1. The number of rotatable bonds is 4. The smallest absolute Gasteiger partial charge is 0.251 e. The van der Waals surface area contributed by atoms with Crippen LogP contribution < -0.4 is 5.32 Å². The van der Waals surface area contributed by atoms with Crippen LogP contribution in [0.1, 0.15) is 58.7 Å². The summed E-state index contributed by atoms with van der Waals surface area (Å²) in [5.41, 5.74) is 7.14. The first-order chi connectivity index (χ1) is 13.1. The van der Waals surface area contributed by atoms with Crippen LogP contribution in [0.4, 0.5) is 0 Å². The minimum absolute atomic E-state index is 0.0166. The maximum absolute atomic E-state index is 12.6. The van der Waals surface area contributed by atoms with E-state index in [-0.39, 0.29) is 11.9 Å². The molecule has 3 nitrogen and oxygen atoms in total. The van der Waals surface area contributed by atoms with Crippen molar-refractivity contribution in [2.75, 3.05) is 0 Å². The first-order valence-electron chi connectivity index (χ1n) is 9.80. The molecule has 1 heterocycles. The third-order valence-corrected chi connectivity index (χ3v) is 5.52. The number of hydrogen-bond acceptors (Lipinski definition) is 1. The van der Waals surface area contributed by atoms with Crippen molar-refractivity contribution in [3.63, 3.8) is 0 Å². The van der Waals surface area contributed by atoms with Gasteiger partial charge in [-0.2, -0.15) is 0 Å². The molecule has 138 valence electrons. The van der Waals surface area contributed by atoms with E-state index in [2.05, 4.69) is 35.0 Å². The fraction of sp³-hybridized carbons (Fsp3) is 0.292. The number of hydrogen-bond donors (Lipinski definition) is 1. The van der Waals surface area contributed by atoms with Crippen LogP contribution in [0.15, 0.2) is 60.7 Å². The monoisotopic (exact) mass is 358 g/mol. The zero-order chi connectivity index (χ0) is 18.8. The summed E-state index contributed by atoms with van der Waals surface area (Å²) in [5.74, 6) is -0.0378. The fourth-order valence-corrected chi connectivity index (χ4v) is 4.08. The van der Waals surface area contributed by atoms with Gasteiger partial charge in [-0.3, -0.25) is 4.79 Å². The van der Waals surface area contributed by atoms with Crippen LogP contribution in [0.2, 0.25) is 0 Å². The molecular weight excluding hydrogens is 332 g/mol. The predicted octanol–water partition coefficient (Wildman–Crippen LogP) is 5.16. The van der Waals surface area contributed by atoms with Gasteiger partial charge in [-0.25, -0.2) is 0 Å². The third kappa shape index (κ3) is 3.55. The van der Waals surface area contributed by atoms with Gasteiger partial charge in [0.25, 0.3) is 5.91 Å². The van der Waals surface area contributed by atoms with E-state index in [0.29, 0.717) is 5.56 Å². The summed E-state index contributed by atoms with van der Waals surface area (Å²) in [7, 11) is 0. The highest BCUT2D eigenvalue weighted by atomic mass is 16.1. The van der Waals surface area contributed by atoms with Gasteiger partial charge in [-0.1, -0.05) is 30.3 Å². The van der Waals surface area contributed by atoms with Crippen LogP contribution in [-0.4, -0.2) is 10.5 Å². The summed E-state index contributed by atoms with van der Waals surface area (Å²) in [6.45, 7) is 4.18. The molecule has 1 aliphatic carbocycles. The Hall–Kier alpha value is -2.81. The van der Waals surface area contributed by atoms with Crippen LogP contribution in [-0.2, 0) is 12.8 Å². The first-order valence-corrected chi connectivity index (χ1v) is 9.80. The van der Waals surface area contributed by atoms with E-state index in [9.17, 15) is 4.79 Å². The first kappa shape index (κ1) is 17.6. The van der Waals surface area contributed by atoms with Gasteiger partial charge in [-0.15, -0.1) is 0 Å². The van der Waals surface area contributed by atoms with E-state index >= 15 is 0 Å². The van der Waals surface area contributed by atoms with Crippen molar-refractivity contribution < 1.29 is 4.79 Å². The molecule has 2 aromatic carbocycles. The van der Waals surface area contributed by atoms with Crippen molar-refractivity contribution >= 4 is 5.91 Å². The molecule has 1 atom stereocenters. The van der Waals surface area contributed by atoms with Crippen molar-refractivity contribution in [1.82, 2.24) is 9.88 Å². The molecule has 0 radical (unpaired) electrons. The lowest BCUT2D eigenvalue weighted by molar-refractivity contribution is 0.0940. The minimum Gasteiger partial charge on any atom is -0.346 e. The number of carbonyl (C=O) groups excluding carboxylic acids is 1. The average molecular weight is 358 g/mol. The zero-order valence-electron chi connectivity index (χ0n) is 16.0. The molecule has 0 fully saturated rings.